The third-order valence-electron chi connectivity index (χ3n) is 6.26. The van der Waals surface area contributed by atoms with Crippen LogP contribution in [0.3, 0.4) is 0 Å². The van der Waals surface area contributed by atoms with Crippen LogP contribution in [0.15, 0.2) is 41.1 Å². The molecular weight excluding hydrogens is 368 g/mol. The van der Waals surface area contributed by atoms with Gasteiger partial charge in [0, 0.05) is 25.6 Å². The number of carbonyl (C=O) groups excluding carboxylic acids is 2. The Hall–Kier alpha value is -2.14. The van der Waals surface area contributed by atoms with Crippen LogP contribution < -0.4 is 5.32 Å². The molecule has 0 unspecified atom stereocenters. The minimum Gasteiger partial charge on any atom is -0.356 e. The lowest BCUT2D eigenvalue weighted by Crippen LogP contribution is -2.45. The van der Waals surface area contributed by atoms with E-state index in [1.54, 1.807) is 11.3 Å². The third kappa shape index (κ3) is 3.72. The highest BCUT2D eigenvalue weighted by Crippen LogP contribution is 2.42. The molecule has 2 aromatic rings. The van der Waals surface area contributed by atoms with Crippen LogP contribution in [0.1, 0.15) is 32.3 Å². The zero-order chi connectivity index (χ0) is 19.7. The summed E-state index contributed by atoms with van der Waals surface area (Å²) in [7, 11) is 0. The maximum absolute atomic E-state index is 13.0. The van der Waals surface area contributed by atoms with Gasteiger partial charge in [0.1, 0.15) is 0 Å². The first-order chi connectivity index (χ1) is 13.5. The molecule has 1 aromatic carbocycles. The van der Waals surface area contributed by atoms with Crippen molar-refractivity contribution < 1.29 is 9.59 Å². The van der Waals surface area contributed by atoms with Gasteiger partial charge in [-0.15, -0.1) is 0 Å². The van der Waals surface area contributed by atoms with Crippen LogP contribution in [0.25, 0.3) is 11.1 Å². The van der Waals surface area contributed by atoms with Crippen molar-refractivity contribution in [3.8, 4) is 11.1 Å². The van der Waals surface area contributed by atoms with Gasteiger partial charge >= 0.3 is 0 Å². The summed E-state index contributed by atoms with van der Waals surface area (Å²) < 4.78 is 0. The normalized spacial score (nSPS) is 26.3. The van der Waals surface area contributed by atoms with Crippen LogP contribution in [0.5, 0.6) is 0 Å². The molecule has 0 spiro atoms. The fraction of sp³-hybridized carbons (Fsp3) is 0.478. The lowest BCUT2D eigenvalue weighted by molar-refractivity contribution is -0.134. The van der Waals surface area contributed by atoms with Crippen LogP contribution in [0.2, 0.25) is 0 Å². The van der Waals surface area contributed by atoms with E-state index in [-0.39, 0.29) is 17.7 Å². The molecule has 0 bridgehead atoms. The number of nitrogens with zero attached hydrogens (tertiary/aromatic N) is 1. The molecule has 1 aliphatic heterocycles. The first-order valence-corrected chi connectivity index (χ1v) is 11.2. The maximum atomic E-state index is 13.0. The van der Waals surface area contributed by atoms with Gasteiger partial charge in [-0.2, -0.15) is 11.3 Å². The van der Waals surface area contributed by atoms with E-state index in [9.17, 15) is 9.59 Å². The minimum atomic E-state index is -0.520. The predicted octanol–water partition coefficient (Wildman–Crippen LogP) is 3.97. The van der Waals surface area contributed by atoms with Gasteiger partial charge < -0.3 is 10.2 Å². The van der Waals surface area contributed by atoms with Gasteiger partial charge in [-0.05, 0) is 65.6 Å². The molecule has 4 nitrogen and oxygen atoms in total. The number of hydrogen-bond donors (Lipinski definition) is 1. The largest absolute Gasteiger partial charge is 0.356 e. The summed E-state index contributed by atoms with van der Waals surface area (Å²) in [6.45, 7) is 5.92. The van der Waals surface area contributed by atoms with E-state index < -0.39 is 5.41 Å². The van der Waals surface area contributed by atoms with Crippen molar-refractivity contribution in [3.05, 3.63) is 46.7 Å². The SMILES string of the molecule is CCNC(=O)[C@]1(Cc2ccc(-c3ccsc3)cc2)CCN(C(=O)[C@@H]2C[C@@H]2C)C1. The molecule has 1 saturated heterocycles. The Balaban J connectivity index is 1.52. The fourth-order valence-corrected chi connectivity index (χ4v) is 5.02. The summed E-state index contributed by atoms with van der Waals surface area (Å²) in [5.74, 6) is 0.995. The van der Waals surface area contributed by atoms with Crippen LogP contribution in [0, 0.1) is 17.3 Å². The summed E-state index contributed by atoms with van der Waals surface area (Å²) >= 11 is 1.69. The highest BCUT2D eigenvalue weighted by molar-refractivity contribution is 7.08. The molecule has 3 atom stereocenters. The standard InChI is InChI=1S/C23H28N2O2S/c1-3-24-22(27)23(9-10-25(15-23)21(26)20-12-16(20)2)13-17-4-6-18(7-5-17)19-8-11-28-14-19/h4-8,11,14,16,20H,3,9-10,12-13,15H2,1-2H3,(H,24,27)/t16-,20+,23-/m0/s1. The van der Waals surface area contributed by atoms with Gasteiger partial charge in [-0.1, -0.05) is 31.2 Å². The number of hydrogen-bond acceptors (Lipinski definition) is 3. The number of nitrogens with one attached hydrogen (secondary N) is 1. The maximum Gasteiger partial charge on any atom is 0.228 e. The number of amides is 2. The summed E-state index contributed by atoms with van der Waals surface area (Å²) in [4.78, 5) is 27.6. The van der Waals surface area contributed by atoms with Crippen molar-refractivity contribution in [2.75, 3.05) is 19.6 Å². The lowest BCUT2D eigenvalue weighted by Gasteiger charge is -2.28. The lowest BCUT2D eigenvalue weighted by atomic mass is 9.79. The third-order valence-corrected chi connectivity index (χ3v) is 6.95. The van der Waals surface area contributed by atoms with Gasteiger partial charge in [-0.25, -0.2) is 0 Å². The number of rotatable bonds is 6. The molecule has 1 aliphatic carbocycles. The molecule has 1 saturated carbocycles. The van der Waals surface area contributed by atoms with Crippen molar-refractivity contribution in [2.45, 2.75) is 33.1 Å². The predicted molar refractivity (Wildman–Crippen MR) is 113 cm³/mol. The van der Waals surface area contributed by atoms with Crippen LogP contribution in [-0.2, 0) is 16.0 Å². The molecule has 1 aromatic heterocycles. The molecule has 2 amide bonds. The molecule has 0 radical (unpaired) electrons. The zero-order valence-corrected chi connectivity index (χ0v) is 17.4. The van der Waals surface area contributed by atoms with E-state index in [1.165, 1.54) is 11.1 Å². The minimum absolute atomic E-state index is 0.0797. The van der Waals surface area contributed by atoms with E-state index in [1.807, 2.05) is 11.8 Å². The number of carbonyl (C=O) groups is 2. The Morgan fingerprint density at radius 1 is 1.21 bits per heavy atom. The summed E-state index contributed by atoms with van der Waals surface area (Å²) in [5.41, 5.74) is 3.06. The van der Waals surface area contributed by atoms with Gasteiger partial charge in [0.25, 0.3) is 0 Å². The van der Waals surface area contributed by atoms with E-state index >= 15 is 0 Å². The average molecular weight is 397 g/mol. The topological polar surface area (TPSA) is 49.4 Å². The monoisotopic (exact) mass is 396 g/mol. The second-order valence-corrected chi connectivity index (χ2v) is 9.13. The molecule has 5 heteroatoms. The van der Waals surface area contributed by atoms with E-state index in [0.29, 0.717) is 32.0 Å². The highest BCUT2D eigenvalue weighted by Gasteiger charge is 2.49. The van der Waals surface area contributed by atoms with Crippen LogP contribution >= 0.6 is 11.3 Å². The second-order valence-electron chi connectivity index (χ2n) is 8.35. The van der Waals surface area contributed by atoms with Crippen molar-refractivity contribution in [3.63, 3.8) is 0 Å². The number of benzene rings is 1. The Labute approximate surface area is 170 Å². The molecule has 1 N–H and O–H groups in total. The molecule has 4 rings (SSSR count). The average Bonchev–Trinajstić information content (AvgIpc) is 3.10. The number of thiophene rings is 1. The van der Waals surface area contributed by atoms with Gasteiger partial charge in [0.15, 0.2) is 0 Å². The van der Waals surface area contributed by atoms with Gasteiger partial charge in [-0.3, -0.25) is 9.59 Å². The molecule has 28 heavy (non-hydrogen) atoms. The van der Waals surface area contributed by atoms with E-state index in [4.69, 9.17) is 0 Å². The summed E-state index contributed by atoms with van der Waals surface area (Å²) in [6, 6.07) is 10.6. The van der Waals surface area contributed by atoms with Crippen molar-refractivity contribution in [2.24, 2.45) is 17.3 Å². The van der Waals surface area contributed by atoms with Crippen molar-refractivity contribution >= 4 is 23.2 Å². The summed E-state index contributed by atoms with van der Waals surface area (Å²) in [6.07, 6.45) is 2.40. The molecule has 148 valence electrons. The number of likely N-dealkylation sites (tertiary alicyclic amines) is 1. The first-order valence-electron chi connectivity index (χ1n) is 10.2. The van der Waals surface area contributed by atoms with E-state index in [0.717, 1.165) is 18.4 Å². The van der Waals surface area contributed by atoms with Gasteiger partial charge in [0.05, 0.1) is 5.41 Å². The second kappa shape index (κ2) is 7.70. The molecule has 2 heterocycles. The Bertz CT molecular complexity index is 846. The van der Waals surface area contributed by atoms with Crippen LogP contribution in [-0.4, -0.2) is 36.3 Å². The highest BCUT2D eigenvalue weighted by atomic mass is 32.1. The molecule has 2 fully saturated rings. The first kappa shape index (κ1) is 19.2. The van der Waals surface area contributed by atoms with Crippen molar-refractivity contribution in [1.82, 2.24) is 10.2 Å². The molecular formula is C23H28N2O2S. The van der Waals surface area contributed by atoms with Crippen LogP contribution in [0.4, 0.5) is 0 Å². The Morgan fingerprint density at radius 3 is 2.57 bits per heavy atom. The fourth-order valence-electron chi connectivity index (χ4n) is 4.35. The zero-order valence-electron chi connectivity index (χ0n) is 16.6. The Morgan fingerprint density at radius 2 is 1.96 bits per heavy atom. The molecule has 2 aliphatic rings. The quantitative estimate of drug-likeness (QED) is 0.803. The Kier molecular flexibility index (Phi) is 5.28. The van der Waals surface area contributed by atoms with E-state index in [2.05, 4.69) is 53.3 Å². The van der Waals surface area contributed by atoms with Crippen molar-refractivity contribution in [1.29, 1.82) is 0 Å². The van der Waals surface area contributed by atoms with Gasteiger partial charge in [0.2, 0.25) is 11.8 Å². The smallest absolute Gasteiger partial charge is 0.228 e. The summed E-state index contributed by atoms with van der Waals surface area (Å²) in [5, 5.41) is 7.24.